The summed E-state index contributed by atoms with van der Waals surface area (Å²) in [6.07, 6.45) is -4.20. The standard InChI is InChI=1S/C16H10BrF4NO/c17-13-8-11(18)6-7-14(13)22-15(23)9-12(16(19,20)21)10-4-2-1-3-5-10/h1-9H,(H,22,23)/b12-9-. The molecule has 0 bridgehead atoms. The normalized spacial score (nSPS) is 12.1. The zero-order chi connectivity index (χ0) is 17.0. The van der Waals surface area contributed by atoms with E-state index in [4.69, 9.17) is 0 Å². The Hall–Kier alpha value is -2.15. The Balaban J connectivity index is 2.30. The smallest absolute Gasteiger partial charge is 0.321 e. The summed E-state index contributed by atoms with van der Waals surface area (Å²) in [5.74, 6) is -1.50. The van der Waals surface area contributed by atoms with Crippen molar-refractivity contribution in [1.29, 1.82) is 0 Å². The fourth-order valence-electron chi connectivity index (χ4n) is 1.84. The molecule has 7 heteroatoms. The van der Waals surface area contributed by atoms with Gasteiger partial charge in [-0.05, 0) is 39.7 Å². The van der Waals surface area contributed by atoms with Gasteiger partial charge in [-0.15, -0.1) is 0 Å². The molecule has 2 aromatic carbocycles. The van der Waals surface area contributed by atoms with Crippen molar-refractivity contribution in [2.24, 2.45) is 0 Å². The largest absolute Gasteiger partial charge is 0.417 e. The molecule has 0 saturated carbocycles. The molecule has 2 aromatic rings. The highest BCUT2D eigenvalue weighted by Gasteiger charge is 2.35. The molecule has 0 spiro atoms. The highest BCUT2D eigenvalue weighted by Crippen LogP contribution is 2.34. The maximum absolute atomic E-state index is 13.1. The quantitative estimate of drug-likeness (QED) is 0.571. The van der Waals surface area contributed by atoms with E-state index in [1.165, 1.54) is 30.3 Å². The number of carbonyl (C=O) groups excluding carboxylic acids is 1. The van der Waals surface area contributed by atoms with Crippen molar-refractivity contribution in [2.45, 2.75) is 6.18 Å². The predicted molar refractivity (Wildman–Crippen MR) is 83.2 cm³/mol. The first-order valence-electron chi connectivity index (χ1n) is 6.38. The lowest BCUT2D eigenvalue weighted by Gasteiger charge is -2.12. The monoisotopic (exact) mass is 387 g/mol. The number of carbonyl (C=O) groups is 1. The van der Waals surface area contributed by atoms with E-state index in [-0.39, 0.29) is 15.7 Å². The van der Waals surface area contributed by atoms with Crippen LogP contribution in [0.4, 0.5) is 23.2 Å². The van der Waals surface area contributed by atoms with Crippen LogP contribution in [-0.4, -0.2) is 12.1 Å². The summed E-state index contributed by atoms with van der Waals surface area (Å²) in [6, 6.07) is 10.4. The second-order valence-electron chi connectivity index (χ2n) is 4.54. The van der Waals surface area contributed by atoms with Crippen LogP contribution in [0.5, 0.6) is 0 Å². The molecule has 0 radical (unpaired) electrons. The Morgan fingerprint density at radius 1 is 1.09 bits per heavy atom. The maximum Gasteiger partial charge on any atom is 0.417 e. The molecule has 0 heterocycles. The number of halogens is 5. The van der Waals surface area contributed by atoms with Gasteiger partial charge in [0.05, 0.1) is 11.3 Å². The van der Waals surface area contributed by atoms with Crippen LogP contribution < -0.4 is 5.32 Å². The van der Waals surface area contributed by atoms with Gasteiger partial charge in [-0.3, -0.25) is 4.79 Å². The maximum atomic E-state index is 13.1. The van der Waals surface area contributed by atoms with Crippen molar-refractivity contribution < 1.29 is 22.4 Å². The number of amides is 1. The van der Waals surface area contributed by atoms with Crippen molar-refractivity contribution in [2.75, 3.05) is 5.32 Å². The third kappa shape index (κ3) is 4.66. The zero-order valence-corrected chi connectivity index (χ0v) is 13.1. The average Bonchev–Trinajstić information content (AvgIpc) is 2.47. The Morgan fingerprint density at radius 2 is 1.74 bits per heavy atom. The van der Waals surface area contributed by atoms with Crippen LogP contribution >= 0.6 is 15.9 Å². The number of nitrogens with one attached hydrogen (secondary N) is 1. The van der Waals surface area contributed by atoms with Gasteiger partial charge >= 0.3 is 6.18 Å². The van der Waals surface area contributed by atoms with E-state index in [0.717, 1.165) is 12.1 Å². The Kier molecular flexibility index (Phi) is 5.20. The molecule has 0 aliphatic rings. The summed E-state index contributed by atoms with van der Waals surface area (Å²) in [6.45, 7) is 0. The number of benzene rings is 2. The van der Waals surface area contributed by atoms with Crippen LogP contribution in [0.15, 0.2) is 59.1 Å². The number of hydrogen-bond donors (Lipinski definition) is 1. The van der Waals surface area contributed by atoms with Crippen LogP contribution in [0.2, 0.25) is 0 Å². The van der Waals surface area contributed by atoms with Crippen molar-refractivity contribution in [3.63, 3.8) is 0 Å². The van der Waals surface area contributed by atoms with Crippen molar-refractivity contribution >= 4 is 33.1 Å². The van der Waals surface area contributed by atoms with Crippen molar-refractivity contribution in [3.05, 3.63) is 70.5 Å². The van der Waals surface area contributed by atoms with E-state index in [2.05, 4.69) is 21.2 Å². The van der Waals surface area contributed by atoms with E-state index in [0.29, 0.717) is 6.08 Å². The molecule has 0 saturated heterocycles. The Bertz CT molecular complexity index is 741. The van der Waals surface area contributed by atoms with Gasteiger partial charge in [0, 0.05) is 10.5 Å². The van der Waals surface area contributed by atoms with E-state index in [1.54, 1.807) is 6.07 Å². The Labute approximate surface area is 137 Å². The third-order valence-electron chi connectivity index (χ3n) is 2.85. The summed E-state index contributed by atoms with van der Waals surface area (Å²) in [5.41, 5.74) is -1.01. The lowest BCUT2D eigenvalue weighted by atomic mass is 10.1. The molecule has 2 nitrogen and oxygen atoms in total. The van der Waals surface area contributed by atoms with E-state index < -0.39 is 23.5 Å². The molecule has 0 atom stereocenters. The van der Waals surface area contributed by atoms with E-state index >= 15 is 0 Å². The molecule has 23 heavy (non-hydrogen) atoms. The first-order chi connectivity index (χ1) is 10.8. The van der Waals surface area contributed by atoms with Crippen LogP contribution in [-0.2, 0) is 4.79 Å². The second-order valence-corrected chi connectivity index (χ2v) is 5.39. The van der Waals surface area contributed by atoms with Crippen LogP contribution in [0, 0.1) is 5.82 Å². The molecule has 0 aliphatic carbocycles. The first-order valence-corrected chi connectivity index (χ1v) is 7.17. The van der Waals surface area contributed by atoms with Crippen LogP contribution in [0.1, 0.15) is 5.56 Å². The number of allylic oxidation sites excluding steroid dienone is 1. The van der Waals surface area contributed by atoms with Crippen molar-refractivity contribution in [3.8, 4) is 0 Å². The fourth-order valence-corrected chi connectivity index (χ4v) is 2.29. The van der Waals surface area contributed by atoms with Gasteiger partial charge in [-0.25, -0.2) is 4.39 Å². The van der Waals surface area contributed by atoms with Gasteiger partial charge in [0.2, 0.25) is 5.91 Å². The minimum Gasteiger partial charge on any atom is -0.321 e. The predicted octanol–water partition coefficient (Wildman–Crippen LogP) is 5.17. The number of rotatable bonds is 3. The highest BCUT2D eigenvalue weighted by molar-refractivity contribution is 9.10. The molecule has 0 unspecified atom stereocenters. The average molecular weight is 388 g/mol. The van der Waals surface area contributed by atoms with E-state index in [9.17, 15) is 22.4 Å². The van der Waals surface area contributed by atoms with Gasteiger partial charge in [-0.1, -0.05) is 30.3 Å². The number of alkyl halides is 3. The second kappa shape index (κ2) is 6.95. The van der Waals surface area contributed by atoms with E-state index in [1.807, 2.05) is 0 Å². The van der Waals surface area contributed by atoms with Gasteiger partial charge in [-0.2, -0.15) is 13.2 Å². The topological polar surface area (TPSA) is 29.1 Å². The fraction of sp³-hybridized carbons (Fsp3) is 0.0625. The minimum atomic E-state index is -4.68. The molecule has 1 amide bonds. The van der Waals surface area contributed by atoms with Crippen LogP contribution in [0.3, 0.4) is 0 Å². The number of anilines is 1. The lowest BCUT2D eigenvalue weighted by Crippen LogP contribution is -2.16. The molecular formula is C16H10BrF4NO. The van der Waals surface area contributed by atoms with Gasteiger partial charge in [0.1, 0.15) is 5.82 Å². The molecule has 0 aliphatic heterocycles. The summed E-state index contributed by atoms with van der Waals surface area (Å²) in [4.78, 5) is 11.9. The number of hydrogen-bond acceptors (Lipinski definition) is 1. The van der Waals surface area contributed by atoms with Gasteiger partial charge in [0.15, 0.2) is 0 Å². The zero-order valence-electron chi connectivity index (χ0n) is 11.5. The lowest BCUT2D eigenvalue weighted by molar-refractivity contribution is -0.112. The minimum absolute atomic E-state index is 0.117. The summed E-state index contributed by atoms with van der Waals surface area (Å²) >= 11 is 3.03. The van der Waals surface area contributed by atoms with Gasteiger partial charge < -0.3 is 5.32 Å². The third-order valence-corrected chi connectivity index (χ3v) is 3.51. The molecule has 0 aromatic heterocycles. The van der Waals surface area contributed by atoms with Crippen molar-refractivity contribution in [1.82, 2.24) is 0 Å². The molecule has 1 N–H and O–H groups in total. The molecule has 120 valence electrons. The molecule has 0 fully saturated rings. The highest BCUT2D eigenvalue weighted by atomic mass is 79.9. The summed E-state index contributed by atoms with van der Waals surface area (Å²) in [7, 11) is 0. The molecular weight excluding hydrogens is 378 g/mol. The SMILES string of the molecule is O=C(/C=C(/c1ccccc1)C(F)(F)F)Nc1ccc(F)cc1Br. The van der Waals surface area contributed by atoms with Crippen LogP contribution in [0.25, 0.3) is 5.57 Å². The molecule has 2 rings (SSSR count). The first kappa shape index (κ1) is 17.2. The Morgan fingerprint density at radius 3 is 2.30 bits per heavy atom. The summed E-state index contributed by atoms with van der Waals surface area (Å²) in [5, 5.41) is 2.28. The van der Waals surface area contributed by atoms with Gasteiger partial charge in [0.25, 0.3) is 0 Å². The summed E-state index contributed by atoms with van der Waals surface area (Å²) < 4.78 is 52.6.